The van der Waals surface area contributed by atoms with Crippen LogP contribution in [0, 0.1) is 29.6 Å². The Morgan fingerprint density at radius 1 is 1.29 bits per heavy atom. The number of aliphatic carboxylic acids is 1. The molecule has 2 bridgehead atoms. The summed E-state index contributed by atoms with van der Waals surface area (Å²) in [5, 5.41) is 11.6. The van der Waals surface area contributed by atoms with Gasteiger partial charge in [0.2, 0.25) is 5.91 Å². The SMILES string of the molecule is CC[C@H](NC(=O)C1C2C3CCC(C3)C12)C(=O)O. The summed E-state index contributed by atoms with van der Waals surface area (Å²) in [6, 6.07) is -0.707. The van der Waals surface area contributed by atoms with Crippen molar-refractivity contribution >= 4 is 11.9 Å². The van der Waals surface area contributed by atoms with Gasteiger partial charge in [0.05, 0.1) is 0 Å². The Hall–Kier alpha value is -1.06. The lowest BCUT2D eigenvalue weighted by Gasteiger charge is -2.14. The predicted octanol–water partition coefficient (Wildman–Crippen LogP) is 1.26. The number of carbonyl (C=O) groups is 2. The fourth-order valence-electron chi connectivity index (χ4n) is 4.28. The van der Waals surface area contributed by atoms with Crippen molar-refractivity contribution in [2.45, 2.75) is 38.6 Å². The summed E-state index contributed by atoms with van der Waals surface area (Å²) in [6.07, 6.45) is 4.34. The highest BCUT2D eigenvalue weighted by atomic mass is 16.4. The molecule has 1 amide bonds. The van der Waals surface area contributed by atoms with Gasteiger partial charge in [0.15, 0.2) is 0 Å². The van der Waals surface area contributed by atoms with Crippen LogP contribution in [-0.4, -0.2) is 23.0 Å². The quantitative estimate of drug-likeness (QED) is 0.773. The maximum atomic E-state index is 12.0. The molecule has 0 aromatic rings. The van der Waals surface area contributed by atoms with E-state index in [1.807, 2.05) is 0 Å². The zero-order valence-electron chi connectivity index (χ0n) is 10.1. The van der Waals surface area contributed by atoms with Crippen LogP contribution in [0.2, 0.25) is 0 Å². The van der Waals surface area contributed by atoms with Crippen LogP contribution in [0.3, 0.4) is 0 Å². The lowest BCUT2D eigenvalue weighted by Crippen LogP contribution is -2.41. The molecule has 3 aliphatic rings. The number of carboxylic acids is 1. The highest BCUT2D eigenvalue weighted by Gasteiger charge is 2.67. The van der Waals surface area contributed by atoms with Crippen LogP contribution in [-0.2, 0) is 9.59 Å². The zero-order chi connectivity index (χ0) is 12.2. The first kappa shape index (κ1) is 11.1. The molecular weight excluding hydrogens is 218 g/mol. The zero-order valence-corrected chi connectivity index (χ0v) is 10.1. The highest BCUT2D eigenvalue weighted by Crippen LogP contribution is 2.69. The topological polar surface area (TPSA) is 66.4 Å². The third kappa shape index (κ3) is 1.57. The number of carbonyl (C=O) groups excluding carboxylic acids is 1. The van der Waals surface area contributed by atoms with Gasteiger partial charge in [0.25, 0.3) is 0 Å². The number of rotatable bonds is 4. The minimum Gasteiger partial charge on any atom is -0.480 e. The number of hydrogen-bond acceptors (Lipinski definition) is 2. The predicted molar refractivity (Wildman–Crippen MR) is 61.2 cm³/mol. The van der Waals surface area contributed by atoms with Crippen molar-refractivity contribution in [3.8, 4) is 0 Å². The highest BCUT2D eigenvalue weighted by molar-refractivity contribution is 5.87. The molecule has 4 heteroatoms. The van der Waals surface area contributed by atoms with E-state index in [-0.39, 0.29) is 11.8 Å². The summed E-state index contributed by atoms with van der Waals surface area (Å²) in [5.41, 5.74) is 0. The van der Waals surface area contributed by atoms with E-state index >= 15 is 0 Å². The lowest BCUT2D eigenvalue weighted by molar-refractivity contribution is -0.142. The minimum atomic E-state index is -0.922. The molecule has 94 valence electrons. The van der Waals surface area contributed by atoms with Gasteiger partial charge in [0.1, 0.15) is 6.04 Å². The van der Waals surface area contributed by atoms with Crippen molar-refractivity contribution in [3.05, 3.63) is 0 Å². The van der Waals surface area contributed by atoms with Gasteiger partial charge in [-0.05, 0) is 49.4 Å². The van der Waals surface area contributed by atoms with Gasteiger partial charge in [-0.2, -0.15) is 0 Å². The molecule has 3 rings (SSSR count). The Bertz CT molecular complexity index is 352. The summed E-state index contributed by atoms with van der Waals surface area (Å²) < 4.78 is 0. The van der Waals surface area contributed by atoms with Gasteiger partial charge >= 0.3 is 5.97 Å². The second-order valence-corrected chi connectivity index (χ2v) is 5.82. The maximum absolute atomic E-state index is 12.0. The third-order valence-electron chi connectivity index (χ3n) is 5.06. The molecule has 0 radical (unpaired) electrons. The van der Waals surface area contributed by atoms with E-state index in [0.717, 1.165) is 11.8 Å². The van der Waals surface area contributed by atoms with E-state index in [9.17, 15) is 9.59 Å². The molecule has 0 heterocycles. The van der Waals surface area contributed by atoms with E-state index in [0.29, 0.717) is 18.3 Å². The van der Waals surface area contributed by atoms with E-state index < -0.39 is 12.0 Å². The van der Waals surface area contributed by atoms with Crippen molar-refractivity contribution in [2.24, 2.45) is 29.6 Å². The molecule has 0 spiro atoms. The molecule has 3 saturated carbocycles. The molecule has 3 fully saturated rings. The summed E-state index contributed by atoms with van der Waals surface area (Å²) in [7, 11) is 0. The Labute approximate surface area is 101 Å². The molecule has 0 saturated heterocycles. The average molecular weight is 237 g/mol. The number of fused-ring (bicyclic) bond motifs is 5. The van der Waals surface area contributed by atoms with Crippen molar-refractivity contribution in [3.63, 3.8) is 0 Å². The lowest BCUT2D eigenvalue weighted by atomic mass is 10.0. The van der Waals surface area contributed by atoms with E-state index in [2.05, 4.69) is 5.32 Å². The molecule has 0 aromatic heterocycles. The van der Waals surface area contributed by atoms with Crippen molar-refractivity contribution in [1.82, 2.24) is 5.32 Å². The van der Waals surface area contributed by atoms with Gasteiger partial charge in [-0.3, -0.25) is 4.79 Å². The summed E-state index contributed by atoms with van der Waals surface area (Å²) in [4.78, 5) is 22.9. The maximum Gasteiger partial charge on any atom is 0.326 e. The molecule has 17 heavy (non-hydrogen) atoms. The standard InChI is InChI=1S/C13H19NO3/c1-2-8(13(16)17)14-12(15)11-9-6-3-4-7(5-6)10(9)11/h6-11H,2-5H2,1H3,(H,14,15)(H,16,17)/t6?,7?,8-,9?,10?,11?/m0/s1. The Morgan fingerprint density at radius 3 is 2.35 bits per heavy atom. The van der Waals surface area contributed by atoms with E-state index in [1.54, 1.807) is 6.92 Å². The van der Waals surface area contributed by atoms with Crippen LogP contribution in [0.25, 0.3) is 0 Å². The van der Waals surface area contributed by atoms with E-state index in [1.165, 1.54) is 19.3 Å². The molecule has 0 aliphatic heterocycles. The number of nitrogens with one attached hydrogen (secondary N) is 1. The van der Waals surface area contributed by atoms with Gasteiger partial charge < -0.3 is 10.4 Å². The normalized spacial score (nSPS) is 43.0. The minimum absolute atomic E-state index is 0.00847. The molecule has 5 atom stereocenters. The van der Waals surface area contributed by atoms with E-state index in [4.69, 9.17) is 5.11 Å². The molecule has 3 aliphatic carbocycles. The number of carboxylic acid groups (broad SMARTS) is 1. The monoisotopic (exact) mass is 237 g/mol. The average Bonchev–Trinajstić information content (AvgIpc) is 2.75. The number of amides is 1. The van der Waals surface area contributed by atoms with Crippen LogP contribution in [0.15, 0.2) is 0 Å². The first-order valence-electron chi connectivity index (χ1n) is 6.66. The molecule has 0 aromatic carbocycles. The van der Waals surface area contributed by atoms with Crippen LogP contribution in [0.4, 0.5) is 0 Å². The Kier molecular flexibility index (Phi) is 2.42. The molecule has 4 nitrogen and oxygen atoms in total. The van der Waals surface area contributed by atoms with Crippen LogP contribution in [0.5, 0.6) is 0 Å². The fourth-order valence-corrected chi connectivity index (χ4v) is 4.28. The molecule has 2 N–H and O–H groups in total. The van der Waals surface area contributed by atoms with Crippen LogP contribution >= 0.6 is 0 Å². The first-order chi connectivity index (χ1) is 8.13. The van der Waals surface area contributed by atoms with Crippen LogP contribution in [0.1, 0.15) is 32.6 Å². The fraction of sp³-hybridized carbons (Fsp3) is 0.846. The molecular formula is C13H19NO3. The number of hydrogen-bond donors (Lipinski definition) is 2. The van der Waals surface area contributed by atoms with Crippen molar-refractivity contribution in [1.29, 1.82) is 0 Å². The second kappa shape index (κ2) is 3.72. The summed E-state index contributed by atoms with van der Waals surface area (Å²) in [5.74, 6) is 1.88. The van der Waals surface area contributed by atoms with Gasteiger partial charge in [-0.25, -0.2) is 4.79 Å². The Morgan fingerprint density at radius 2 is 1.88 bits per heavy atom. The summed E-state index contributed by atoms with van der Waals surface area (Å²) in [6.45, 7) is 1.79. The van der Waals surface area contributed by atoms with Crippen molar-refractivity contribution in [2.75, 3.05) is 0 Å². The largest absolute Gasteiger partial charge is 0.480 e. The first-order valence-corrected chi connectivity index (χ1v) is 6.66. The Balaban J connectivity index is 1.60. The van der Waals surface area contributed by atoms with Gasteiger partial charge in [-0.1, -0.05) is 6.92 Å². The summed E-state index contributed by atoms with van der Waals surface area (Å²) >= 11 is 0. The smallest absolute Gasteiger partial charge is 0.326 e. The van der Waals surface area contributed by atoms with Crippen molar-refractivity contribution < 1.29 is 14.7 Å². The second-order valence-electron chi connectivity index (χ2n) is 5.82. The molecule has 4 unspecified atom stereocenters. The van der Waals surface area contributed by atoms with Crippen LogP contribution < -0.4 is 5.32 Å². The van der Waals surface area contributed by atoms with Gasteiger partial charge in [0, 0.05) is 5.92 Å². The third-order valence-corrected chi connectivity index (χ3v) is 5.06. The van der Waals surface area contributed by atoms with Gasteiger partial charge in [-0.15, -0.1) is 0 Å².